The van der Waals surface area contributed by atoms with Crippen LogP contribution in [0.2, 0.25) is 5.02 Å². The number of imidazole rings is 1. The van der Waals surface area contributed by atoms with Crippen molar-refractivity contribution in [2.24, 2.45) is 11.8 Å². The largest absolute Gasteiger partial charge is 0.328 e. The number of halogens is 2. The van der Waals surface area contributed by atoms with Crippen molar-refractivity contribution in [2.45, 2.75) is 32.7 Å². The van der Waals surface area contributed by atoms with E-state index in [-0.39, 0.29) is 0 Å². The molecule has 0 aliphatic heterocycles. The maximum absolute atomic E-state index is 6.12. The van der Waals surface area contributed by atoms with Crippen molar-refractivity contribution in [3.05, 3.63) is 29.0 Å². The third kappa shape index (κ3) is 2.75. The van der Waals surface area contributed by atoms with Gasteiger partial charge in [0.25, 0.3) is 0 Å². The summed E-state index contributed by atoms with van der Waals surface area (Å²) < 4.78 is 2.31. The number of nitrogens with zero attached hydrogens (tertiary/aromatic N) is 2. The van der Waals surface area contributed by atoms with E-state index in [1.165, 1.54) is 12.8 Å². The Kier molecular flexibility index (Phi) is 3.72. The molecule has 0 bridgehead atoms. The first-order chi connectivity index (χ1) is 9.19. The van der Waals surface area contributed by atoms with Gasteiger partial charge in [-0.25, -0.2) is 4.98 Å². The van der Waals surface area contributed by atoms with Crippen molar-refractivity contribution in [3.63, 3.8) is 0 Å². The lowest BCUT2D eigenvalue weighted by atomic mass is 10.1. The molecule has 0 amide bonds. The highest BCUT2D eigenvalue weighted by atomic mass is 35.5. The number of benzene rings is 1. The van der Waals surface area contributed by atoms with Gasteiger partial charge in [-0.3, -0.25) is 0 Å². The quantitative estimate of drug-likeness (QED) is 0.742. The van der Waals surface area contributed by atoms with Crippen LogP contribution in [0.1, 0.15) is 25.6 Å². The Hall–Kier alpha value is -0.730. The van der Waals surface area contributed by atoms with Crippen molar-refractivity contribution < 1.29 is 0 Å². The summed E-state index contributed by atoms with van der Waals surface area (Å²) in [7, 11) is 0. The molecule has 102 valence electrons. The smallest absolute Gasteiger partial charge is 0.111 e. The summed E-state index contributed by atoms with van der Waals surface area (Å²) in [5.41, 5.74) is 2.16. The number of hydrogen-bond acceptors (Lipinski definition) is 1. The normalized spacial score (nSPS) is 17.0. The van der Waals surface area contributed by atoms with Crippen molar-refractivity contribution in [1.29, 1.82) is 0 Å². The minimum Gasteiger partial charge on any atom is -0.328 e. The molecule has 1 aliphatic carbocycles. The Morgan fingerprint density at radius 3 is 2.89 bits per heavy atom. The van der Waals surface area contributed by atoms with Crippen LogP contribution in [0.3, 0.4) is 0 Å². The fourth-order valence-electron chi connectivity index (χ4n) is 2.73. The molecule has 19 heavy (non-hydrogen) atoms. The zero-order valence-corrected chi connectivity index (χ0v) is 12.6. The van der Waals surface area contributed by atoms with E-state index in [1.54, 1.807) is 0 Å². The van der Waals surface area contributed by atoms with Crippen LogP contribution in [-0.4, -0.2) is 15.4 Å². The van der Waals surface area contributed by atoms with Crippen molar-refractivity contribution >= 4 is 34.2 Å². The Labute approximate surface area is 123 Å². The van der Waals surface area contributed by atoms with Crippen LogP contribution in [0, 0.1) is 11.8 Å². The SMILES string of the molecule is CC(Cn1c(CCCl)nc2ccc(Cl)cc21)C1CC1. The van der Waals surface area contributed by atoms with Gasteiger partial charge in [0.05, 0.1) is 11.0 Å². The van der Waals surface area contributed by atoms with Gasteiger partial charge in [-0.2, -0.15) is 0 Å². The van der Waals surface area contributed by atoms with E-state index in [0.717, 1.165) is 40.8 Å². The maximum Gasteiger partial charge on any atom is 0.111 e. The summed E-state index contributed by atoms with van der Waals surface area (Å²) in [6.07, 6.45) is 3.56. The van der Waals surface area contributed by atoms with Crippen molar-refractivity contribution in [3.8, 4) is 0 Å². The van der Waals surface area contributed by atoms with Crippen molar-refractivity contribution in [1.82, 2.24) is 9.55 Å². The number of fused-ring (bicyclic) bond motifs is 1. The summed E-state index contributed by atoms with van der Waals surface area (Å²) in [6.45, 7) is 3.35. The highest BCUT2D eigenvalue weighted by Crippen LogP contribution is 2.38. The lowest BCUT2D eigenvalue weighted by Gasteiger charge is -2.14. The predicted octanol–water partition coefficient (Wildman–Crippen LogP) is 4.52. The van der Waals surface area contributed by atoms with Crippen LogP contribution < -0.4 is 0 Å². The van der Waals surface area contributed by atoms with Gasteiger partial charge >= 0.3 is 0 Å². The first-order valence-corrected chi connectivity index (χ1v) is 7.81. The van der Waals surface area contributed by atoms with Gasteiger partial charge in [0.1, 0.15) is 5.82 Å². The van der Waals surface area contributed by atoms with Gasteiger partial charge in [0, 0.05) is 23.9 Å². The molecular weight excluding hydrogens is 279 g/mol. The highest BCUT2D eigenvalue weighted by molar-refractivity contribution is 6.31. The molecule has 1 saturated carbocycles. The number of aryl methyl sites for hydroxylation is 1. The molecule has 1 heterocycles. The van der Waals surface area contributed by atoms with Crippen LogP contribution in [0.25, 0.3) is 11.0 Å². The Bertz CT molecular complexity index is 587. The summed E-state index contributed by atoms with van der Waals surface area (Å²) in [6, 6.07) is 5.91. The Morgan fingerprint density at radius 2 is 2.21 bits per heavy atom. The monoisotopic (exact) mass is 296 g/mol. The van der Waals surface area contributed by atoms with Gasteiger partial charge in [-0.05, 0) is 42.9 Å². The van der Waals surface area contributed by atoms with E-state index in [2.05, 4.69) is 11.5 Å². The Morgan fingerprint density at radius 1 is 1.42 bits per heavy atom. The second-order valence-electron chi connectivity index (χ2n) is 5.53. The topological polar surface area (TPSA) is 17.8 Å². The van der Waals surface area contributed by atoms with E-state index in [4.69, 9.17) is 28.2 Å². The maximum atomic E-state index is 6.12. The van der Waals surface area contributed by atoms with Gasteiger partial charge in [-0.1, -0.05) is 18.5 Å². The van der Waals surface area contributed by atoms with Gasteiger partial charge < -0.3 is 4.57 Å². The van der Waals surface area contributed by atoms with Crippen LogP contribution in [0.15, 0.2) is 18.2 Å². The van der Waals surface area contributed by atoms with E-state index < -0.39 is 0 Å². The number of aromatic nitrogens is 2. The predicted molar refractivity (Wildman–Crippen MR) is 81.1 cm³/mol. The van der Waals surface area contributed by atoms with Crippen molar-refractivity contribution in [2.75, 3.05) is 5.88 Å². The third-order valence-electron chi connectivity index (χ3n) is 4.00. The summed E-state index contributed by atoms with van der Waals surface area (Å²) in [5, 5.41) is 0.769. The third-order valence-corrected chi connectivity index (χ3v) is 4.43. The van der Waals surface area contributed by atoms with Crippen LogP contribution in [0.5, 0.6) is 0 Å². The minimum absolute atomic E-state index is 0.606. The molecule has 1 unspecified atom stereocenters. The number of hydrogen-bond donors (Lipinski definition) is 0. The van der Waals surface area contributed by atoms with E-state index >= 15 is 0 Å². The first kappa shape index (κ1) is 13.3. The van der Waals surface area contributed by atoms with E-state index in [9.17, 15) is 0 Å². The standard InChI is InChI=1S/C15H18Cl2N2/c1-10(11-2-3-11)9-19-14-8-12(17)4-5-13(14)18-15(19)6-7-16/h4-5,8,10-11H,2-3,6-7,9H2,1H3. The summed E-state index contributed by atoms with van der Waals surface area (Å²) >= 11 is 12.0. The highest BCUT2D eigenvalue weighted by Gasteiger charge is 2.28. The van der Waals surface area contributed by atoms with Gasteiger partial charge in [0.2, 0.25) is 0 Å². The molecule has 0 spiro atoms. The van der Waals surface area contributed by atoms with Gasteiger partial charge in [-0.15, -0.1) is 11.6 Å². The molecule has 1 aromatic carbocycles. The first-order valence-electron chi connectivity index (χ1n) is 6.89. The van der Waals surface area contributed by atoms with Crippen LogP contribution in [0.4, 0.5) is 0 Å². The molecule has 1 atom stereocenters. The summed E-state index contributed by atoms with van der Waals surface area (Å²) in [5.74, 6) is 3.28. The molecule has 3 rings (SSSR count). The van der Waals surface area contributed by atoms with Crippen LogP contribution >= 0.6 is 23.2 Å². The Balaban J connectivity index is 2.01. The fourth-order valence-corrected chi connectivity index (χ4v) is 3.06. The van der Waals surface area contributed by atoms with Crippen LogP contribution in [-0.2, 0) is 13.0 Å². The second-order valence-corrected chi connectivity index (χ2v) is 6.34. The summed E-state index contributed by atoms with van der Waals surface area (Å²) in [4.78, 5) is 4.70. The molecule has 1 aliphatic rings. The molecule has 1 fully saturated rings. The zero-order chi connectivity index (χ0) is 13.4. The molecule has 0 saturated heterocycles. The molecule has 0 radical (unpaired) electrons. The lowest BCUT2D eigenvalue weighted by molar-refractivity contribution is 0.429. The van der Waals surface area contributed by atoms with Gasteiger partial charge in [0.15, 0.2) is 0 Å². The molecule has 2 aromatic rings. The molecule has 2 nitrogen and oxygen atoms in total. The lowest BCUT2D eigenvalue weighted by Crippen LogP contribution is -2.12. The minimum atomic E-state index is 0.606. The molecule has 0 N–H and O–H groups in total. The van der Waals surface area contributed by atoms with E-state index in [0.29, 0.717) is 11.8 Å². The fraction of sp³-hybridized carbons (Fsp3) is 0.533. The average molecular weight is 297 g/mol. The van der Waals surface area contributed by atoms with E-state index in [1.807, 2.05) is 18.2 Å². The average Bonchev–Trinajstić information content (AvgIpc) is 3.17. The number of alkyl halides is 1. The molecule has 4 heteroatoms. The number of rotatable bonds is 5. The molecule has 1 aromatic heterocycles. The molecular formula is C15H18Cl2N2. The second kappa shape index (κ2) is 5.34. The zero-order valence-electron chi connectivity index (χ0n) is 11.1.